The third kappa shape index (κ3) is 3.66. The molecule has 0 amide bonds. The largest absolute Gasteiger partial charge is 0.393 e. The Morgan fingerprint density at radius 1 is 1.26 bits per heavy atom. The predicted molar refractivity (Wildman–Crippen MR) is 90.5 cm³/mol. The Balaban J connectivity index is 1.69. The van der Waals surface area contributed by atoms with Crippen LogP contribution < -0.4 is 4.90 Å². The molecule has 2 aliphatic heterocycles. The van der Waals surface area contributed by atoms with Gasteiger partial charge in [0, 0.05) is 37.7 Å². The number of ether oxygens (including phenoxy) is 1. The Labute approximate surface area is 139 Å². The number of aliphatic hydroxyl groups excluding tert-OH is 1. The van der Waals surface area contributed by atoms with E-state index in [-0.39, 0.29) is 23.2 Å². The fourth-order valence-corrected chi connectivity index (χ4v) is 3.77. The number of hydrogen-bond acceptors (Lipinski definition) is 5. The SMILES string of the molecule is Cc1cc(N2CCC3(CC2)C[C@H](O)C[C@H](C(C)(C)C)O3)ncn1. The highest BCUT2D eigenvalue weighted by Gasteiger charge is 2.46. The lowest BCUT2D eigenvalue weighted by atomic mass is 9.76. The van der Waals surface area contributed by atoms with Crippen molar-refractivity contribution in [3.8, 4) is 0 Å². The van der Waals surface area contributed by atoms with E-state index in [2.05, 4.69) is 35.6 Å². The Hall–Kier alpha value is -1.20. The molecule has 3 heterocycles. The summed E-state index contributed by atoms with van der Waals surface area (Å²) in [6.07, 6.45) is 4.90. The molecule has 23 heavy (non-hydrogen) atoms. The lowest BCUT2D eigenvalue weighted by Crippen LogP contribution is -2.55. The highest BCUT2D eigenvalue weighted by molar-refractivity contribution is 5.39. The van der Waals surface area contributed by atoms with Crippen LogP contribution >= 0.6 is 0 Å². The topological polar surface area (TPSA) is 58.5 Å². The van der Waals surface area contributed by atoms with Gasteiger partial charge in [-0.05, 0) is 25.2 Å². The van der Waals surface area contributed by atoms with Gasteiger partial charge in [-0.25, -0.2) is 9.97 Å². The normalized spacial score (nSPS) is 28.1. The van der Waals surface area contributed by atoms with Gasteiger partial charge in [-0.15, -0.1) is 0 Å². The fraction of sp³-hybridized carbons (Fsp3) is 0.778. The van der Waals surface area contributed by atoms with Gasteiger partial charge in [0.05, 0.1) is 17.8 Å². The van der Waals surface area contributed by atoms with Crippen molar-refractivity contribution < 1.29 is 9.84 Å². The van der Waals surface area contributed by atoms with Crippen molar-refractivity contribution in [2.45, 2.75) is 71.2 Å². The van der Waals surface area contributed by atoms with E-state index < -0.39 is 0 Å². The van der Waals surface area contributed by atoms with Crippen LogP contribution in [-0.2, 0) is 4.74 Å². The summed E-state index contributed by atoms with van der Waals surface area (Å²) in [6, 6.07) is 2.03. The quantitative estimate of drug-likeness (QED) is 0.862. The minimum absolute atomic E-state index is 0.0648. The van der Waals surface area contributed by atoms with Gasteiger partial charge in [0.1, 0.15) is 12.1 Å². The van der Waals surface area contributed by atoms with Crippen LogP contribution in [0.15, 0.2) is 12.4 Å². The van der Waals surface area contributed by atoms with Crippen LogP contribution in [0.4, 0.5) is 5.82 Å². The molecular formula is C18H29N3O2. The van der Waals surface area contributed by atoms with Crippen molar-refractivity contribution in [2.75, 3.05) is 18.0 Å². The van der Waals surface area contributed by atoms with Gasteiger partial charge in [0.25, 0.3) is 0 Å². The van der Waals surface area contributed by atoms with Crippen molar-refractivity contribution in [1.82, 2.24) is 9.97 Å². The van der Waals surface area contributed by atoms with Gasteiger partial charge in [-0.1, -0.05) is 20.8 Å². The number of aryl methyl sites for hydroxylation is 1. The first kappa shape index (κ1) is 16.7. The summed E-state index contributed by atoms with van der Waals surface area (Å²) in [6.45, 7) is 10.4. The molecule has 0 aliphatic carbocycles. The number of nitrogens with zero attached hydrogens (tertiary/aromatic N) is 3. The molecule has 2 fully saturated rings. The molecule has 2 saturated heterocycles. The first-order valence-corrected chi connectivity index (χ1v) is 8.67. The zero-order valence-corrected chi connectivity index (χ0v) is 14.7. The fourth-order valence-electron chi connectivity index (χ4n) is 3.77. The van der Waals surface area contributed by atoms with Crippen LogP contribution in [0, 0.1) is 12.3 Å². The number of aromatic nitrogens is 2. The van der Waals surface area contributed by atoms with Gasteiger partial charge in [-0.3, -0.25) is 0 Å². The van der Waals surface area contributed by atoms with E-state index >= 15 is 0 Å². The van der Waals surface area contributed by atoms with E-state index in [0.29, 0.717) is 0 Å². The highest BCUT2D eigenvalue weighted by Crippen LogP contribution is 2.42. The molecule has 1 spiro atoms. The van der Waals surface area contributed by atoms with Crippen LogP contribution in [-0.4, -0.2) is 46.0 Å². The van der Waals surface area contributed by atoms with Crippen molar-refractivity contribution in [1.29, 1.82) is 0 Å². The van der Waals surface area contributed by atoms with Gasteiger partial charge in [0.2, 0.25) is 0 Å². The van der Waals surface area contributed by atoms with E-state index in [9.17, 15) is 5.11 Å². The van der Waals surface area contributed by atoms with Crippen LogP contribution in [0.1, 0.15) is 52.1 Å². The van der Waals surface area contributed by atoms with Crippen molar-refractivity contribution in [2.24, 2.45) is 5.41 Å². The Morgan fingerprint density at radius 3 is 2.57 bits per heavy atom. The molecule has 3 rings (SSSR count). The Kier molecular flexibility index (Phi) is 4.36. The number of rotatable bonds is 1. The molecule has 0 bridgehead atoms. The minimum atomic E-state index is -0.249. The van der Waals surface area contributed by atoms with E-state index in [1.165, 1.54) is 0 Å². The number of hydrogen-bond donors (Lipinski definition) is 1. The second-order valence-electron chi connectivity index (χ2n) is 8.25. The summed E-state index contributed by atoms with van der Waals surface area (Å²) in [7, 11) is 0. The standard InChI is InChI=1S/C18H29N3O2/c1-13-9-16(20-12-19-13)21-7-5-18(6-8-21)11-14(22)10-15(23-18)17(2,3)4/h9,12,14-15,22H,5-8,10-11H2,1-4H3/t14-,15-/m1/s1. The Morgan fingerprint density at radius 2 is 1.96 bits per heavy atom. The summed E-state index contributed by atoms with van der Waals surface area (Å²) in [5.41, 5.74) is 0.885. The highest BCUT2D eigenvalue weighted by atomic mass is 16.5. The maximum Gasteiger partial charge on any atom is 0.132 e. The van der Waals surface area contributed by atoms with Crippen LogP contribution in [0.3, 0.4) is 0 Å². The van der Waals surface area contributed by atoms with Gasteiger partial charge >= 0.3 is 0 Å². The minimum Gasteiger partial charge on any atom is -0.393 e. The second kappa shape index (κ2) is 6.02. The summed E-state index contributed by atoms with van der Waals surface area (Å²) in [5, 5.41) is 10.4. The average molecular weight is 319 g/mol. The lowest BCUT2D eigenvalue weighted by Gasteiger charge is -2.50. The molecule has 1 N–H and O–H groups in total. The zero-order valence-electron chi connectivity index (χ0n) is 14.7. The van der Waals surface area contributed by atoms with Crippen molar-refractivity contribution >= 4 is 5.82 Å². The molecule has 1 aromatic heterocycles. The number of anilines is 1. The molecule has 5 nitrogen and oxygen atoms in total. The molecule has 0 saturated carbocycles. The third-order valence-corrected chi connectivity index (χ3v) is 5.24. The lowest BCUT2D eigenvalue weighted by molar-refractivity contribution is -0.199. The van der Waals surface area contributed by atoms with Gasteiger partial charge in [0.15, 0.2) is 0 Å². The van der Waals surface area contributed by atoms with E-state index in [1.54, 1.807) is 6.33 Å². The predicted octanol–water partition coefficient (Wildman–Crippen LogP) is 2.71. The van der Waals surface area contributed by atoms with Crippen LogP contribution in [0.5, 0.6) is 0 Å². The molecular weight excluding hydrogens is 290 g/mol. The van der Waals surface area contributed by atoms with Crippen LogP contribution in [0.2, 0.25) is 0 Å². The van der Waals surface area contributed by atoms with E-state index in [0.717, 1.165) is 50.3 Å². The zero-order chi connectivity index (χ0) is 16.7. The van der Waals surface area contributed by atoms with Crippen LogP contribution in [0.25, 0.3) is 0 Å². The smallest absolute Gasteiger partial charge is 0.132 e. The monoisotopic (exact) mass is 319 g/mol. The summed E-state index contributed by atoms with van der Waals surface area (Å²) < 4.78 is 6.54. The maximum absolute atomic E-state index is 10.4. The second-order valence-corrected chi connectivity index (χ2v) is 8.25. The summed E-state index contributed by atoms with van der Waals surface area (Å²) >= 11 is 0. The number of aliphatic hydroxyl groups is 1. The molecule has 2 atom stereocenters. The average Bonchev–Trinajstić information content (AvgIpc) is 2.46. The summed E-state index contributed by atoms with van der Waals surface area (Å²) in [4.78, 5) is 10.9. The summed E-state index contributed by atoms with van der Waals surface area (Å²) in [5.74, 6) is 0.996. The molecule has 0 unspecified atom stereocenters. The molecule has 128 valence electrons. The van der Waals surface area contributed by atoms with E-state index in [4.69, 9.17) is 4.74 Å². The molecule has 5 heteroatoms. The molecule has 1 aromatic rings. The van der Waals surface area contributed by atoms with Gasteiger partial charge < -0.3 is 14.7 Å². The van der Waals surface area contributed by atoms with Crippen molar-refractivity contribution in [3.05, 3.63) is 18.1 Å². The third-order valence-electron chi connectivity index (χ3n) is 5.24. The maximum atomic E-state index is 10.4. The first-order valence-electron chi connectivity index (χ1n) is 8.67. The Bertz CT molecular complexity index is 547. The van der Waals surface area contributed by atoms with Crippen molar-refractivity contribution in [3.63, 3.8) is 0 Å². The number of piperidine rings is 1. The van der Waals surface area contributed by atoms with E-state index in [1.807, 2.05) is 13.0 Å². The molecule has 2 aliphatic rings. The van der Waals surface area contributed by atoms with Gasteiger partial charge in [-0.2, -0.15) is 0 Å². The molecule has 0 aromatic carbocycles. The first-order chi connectivity index (χ1) is 10.8. The molecule has 0 radical (unpaired) electrons.